The summed E-state index contributed by atoms with van der Waals surface area (Å²) in [4.78, 5) is 12.1. The second-order valence-electron chi connectivity index (χ2n) is 6.22. The van der Waals surface area contributed by atoms with E-state index in [0.29, 0.717) is 13.0 Å². The van der Waals surface area contributed by atoms with Crippen molar-refractivity contribution in [1.82, 2.24) is 0 Å². The van der Waals surface area contributed by atoms with Crippen molar-refractivity contribution in [3.05, 3.63) is 28.7 Å². The number of carbonyl (C=O) groups is 1. The van der Waals surface area contributed by atoms with Gasteiger partial charge in [0.15, 0.2) is 12.1 Å². The summed E-state index contributed by atoms with van der Waals surface area (Å²) in [7, 11) is 0. The number of ether oxygens (including phenoxy) is 3. The van der Waals surface area contributed by atoms with Crippen LogP contribution in [0.5, 0.6) is 5.75 Å². The topological polar surface area (TPSA) is 72.4 Å². The highest BCUT2D eigenvalue weighted by atomic mass is 79.9. The number of cyclic esters (lactones) is 1. The molecule has 1 aromatic rings. The van der Waals surface area contributed by atoms with Crippen LogP contribution in [0.2, 0.25) is 0 Å². The minimum Gasteiger partial charge on any atom is -1.00 e. The number of rotatable bonds is 5. The Labute approximate surface area is 164 Å². The summed E-state index contributed by atoms with van der Waals surface area (Å²) in [5, 5.41) is 0. The van der Waals surface area contributed by atoms with Gasteiger partial charge in [-0.05, 0) is 50.5 Å². The first-order valence-corrected chi connectivity index (χ1v) is 9.38. The van der Waals surface area contributed by atoms with Crippen LogP contribution >= 0.6 is 15.9 Å². The highest BCUT2D eigenvalue weighted by molar-refractivity contribution is 9.10. The highest BCUT2D eigenvalue weighted by Crippen LogP contribution is 2.25. The van der Waals surface area contributed by atoms with Crippen molar-refractivity contribution >= 4 is 21.9 Å². The lowest BCUT2D eigenvalue weighted by atomic mass is 10.0. The first-order chi connectivity index (χ1) is 11.5. The monoisotopic (exact) mass is 435 g/mol. The summed E-state index contributed by atoms with van der Waals surface area (Å²) in [6.07, 6.45) is 2.49. The van der Waals surface area contributed by atoms with Crippen LogP contribution in [0.1, 0.15) is 39.5 Å². The fraction of sp³-hybridized carbons (Fsp3) is 0.611. The van der Waals surface area contributed by atoms with Crippen LogP contribution in [0.15, 0.2) is 28.7 Å². The maximum Gasteiger partial charge on any atom is 0.365 e. The van der Waals surface area contributed by atoms with Crippen LogP contribution in [-0.4, -0.2) is 36.9 Å². The second kappa shape index (κ2) is 11.0. The zero-order valence-corrected chi connectivity index (χ0v) is 17.1. The minimum atomic E-state index is -0.398. The Morgan fingerprint density at radius 2 is 1.96 bits per heavy atom. The van der Waals surface area contributed by atoms with Crippen molar-refractivity contribution < 1.29 is 37.1 Å². The molecule has 25 heavy (non-hydrogen) atoms. The third kappa shape index (κ3) is 6.77. The van der Waals surface area contributed by atoms with Gasteiger partial charge in [0.05, 0.1) is 6.10 Å². The summed E-state index contributed by atoms with van der Waals surface area (Å²) in [5.74, 6) is 0.477. The van der Waals surface area contributed by atoms with E-state index in [1.807, 2.05) is 31.2 Å². The normalized spacial score (nSPS) is 27.3. The van der Waals surface area contributed by atoms with Crippen LogP contribution in [0, 0.1) is 0 Å². The summed E-state index contributed by atoms with van der Waals surface area (Å²) in [6, 6.07) is 7.31. The molecule has 0 aliphatic carbocycles. The Hall–Kier alpha value is -0.820. The van der Waals surface area contributed by atoms with Crippen molar-refractivity contribution in [2.45, 2.75) is 63.9 Å². The lowest BCUT2D eigenvalue weighted by Gasteiger charge is -2.31. The summed E-state index contributed by atoms with van der Waals surface area (Å²) < 4.78 is 18.8. The summed E-state index contributed by atoms with van der Waals surface area (Å²) >= 11 is 3.42. The molecule has 3 N–H and O–H groups in total. The van der Waals surface area contributed by atoms with Gasteiger partial charge < -0.3 is 32.4 Å². The van der Waals surface area contributed by atoms with E-state index in [0.717, 1.165) is 29.5 Å². The molecule has 1 saturated heterocycles. The summed E-state index contributed by atoms with van der Waals surface area (Å²) in [5.41, 5.74) is 3.90. The maximum atomic E-state index is 12.1. The number of quaternary nitrogens is 1. The molecule has 142 valence electrons. The van der Waals surface area contributed by atoms with E-state index in [4.69, 9.17) is 14.2 Å². The molecule has 0 saturated carbocycles. The maximum absolute atomic E-state index is 12.1. The average Bonchev–Trinajstić information content (AvgIpc) is 2.60. The molecule has 0 radical (unpaired) electrons. The average molecular weight is 437 g/mol. The smallest absolute Gasteiger partial charge is 0.365 e. The number of hydrogen-bond donors (Lipinski definition) is 1. The van der Waals surface area contributed by atoms with E-state index in [1.54, 1.807) is 0 Å². The number of hydrogen-bond acceptors (Lipinski definition) is 4. The molecule has 1 aliphatic rings. The van der Waals surface area contributed by atoms with Gasteiger partial charge in [-0.15, -0.1) is 0 Å². The third-order valence-electron chi connectivity index (χ3n) is 4.13. The van der Waals surface area contributed by atoms with E-state index >= 15 is 0 Å². The number of carbonyl (C=O) groups excluding carboxylic acids is 1. The Balaban J connectivity index is 0.00000312. The van der Waals surface area contributed by atoms with E-state index in [1.165, 1.54) is 0 Å². The van der Waals surface area contributed by atoms with Crippen molar-refractivity contribution in [2.24, 2.45) is 0 Å². The predicted octanol–water partition coefficient (Wildman–Crippen LogP) is -0.278. The van der Waals surface area contributed by atoms with Gasteiger partial charge >= 0.3 is 5.97 Å². The molecule has 0 aromatic heterocycles. The number of halogens is 2. The first kappa shape index (κ1) is 22.2. The molecular weight excluding hydrogens is 410 g/mol. The third-order valence-corrected chi connectivity index (χ3v) is 4.66. The largest absolute Gasteiger partial charge is 1.00 e. The quantitative estimate of drug-likeness (QED) is 0.645. The molecule has 2 rings (SSSR count). The fourth-order valence-corrected chi connectivity index (χ4v) is 3.05. The Bertz CT molecular complexity index is 528. The summed E-state index contributed by atoms with van der Waals surface area (Å²) in [6.45, 7) is 4.61. The van der Waals surface area contributed by atoms with Crippen LogP contribution < -0.4 is 22.9 Å². The number of benzene rings is 1. The van der Waals surface area contributed by atoms with Crippen molar-refractivity contribution in [2.75, 3.05) is 6.61 Å². The van der Waals surface area contributed by atoms with Crippen LogP contribution in [-0.2, 0) is 14.3 Å². The molecule has 5 nitrogen and oxygen atoms in total. The molecule has 0 unspecified atom stereocenters. The zero-order valence-electron chi connectivity index (χ0n) is 14.8. The van der Waals surface area contributed by atoms with Crippen molar-refractivity contribution in [3.63, 3.8) is 0 Å². The zero-order chi connectivity index (χ0) is 17.5. The van der Waals surface area contributed by atoms with Gasteiger partial charge in [-0.1, -0.05) is 22.9 Å². The van der Waals surface area contributed by atoms with Gasteiger partial charge in [0.2, 0.25) is 0 Å². The molecule has 1 fully saturated rings. The van der Waals surface area contributed by atoms with Crippen LogP contribution in [0.25, 0.3) is 0 Å². The van der Waals surface area contributed by atoms with E-state index in [9.17, 15) is 4.79 Å². The number of esters is 1. The van der Waals surface area contributed by atoms with Gasteiger partial charge in [0.1, 0.15) is 11.9 Å². The lowest BCUT2D eigenvalue weighted by Crippen LogP contribution is -3.00. The molecule has 7 heteroatoms. The van der Waals surface area contributed by atoms with E-state index in [2.05, 4.69) is 28.6 Å². The van der Waals surface area contributed by atoms with E-state index < -0.39 is 6.10 Å². The van der Waals surface area contributed by atoms with E-state index in [-0.39, 0.29) is 36.6 Å². The molecule has 1 heterocycles. The van der Waals surface area contributed by atoms with Gasteiger partial charge in [-0.25, -0.2) is 4.79 Å². The minimum absolute atomic E-state index is 0. The molecule has 0 amide bonds. The second-order valence-corrected chi connectivity index (χ2v) is 7.13. The van der Waals surface area contributed by atoms with Crippen LogP contribution in [0.3, 0.4) is 0 Å². The lowest BCUT2D eigenvalue weighted by molar-refractivity contribution is -0.410. The van der Waals surface area contributed by atoms with Gasteiger partial charge in [0.25, 0.3) is 0 Å². The van der Waals surface area contributed by atoms with Crippen molar-refractivity contribution in [1.29, 1.82) is 0 Å². The molecule has 0 bridgehead atoms. The Morgan fingerprint density at radius 3 is 2.60 bits per heavy atom. The van der Waals surface area contributed by atoms with Gasteiger partial charge in [0, 0.05) is 17.5 Å². The molecule has 1 aliphatic heterocycles. The Morgan fingerprint density at radius 1 is 1.28 bits per heavy atom. The first-order valence-electron chi connectivity index (χ1n) is 8.58. The standard InChI is InChI=1S/C18H26BrNO4.ClH/c1-3-11-22-16-6-4-5-15(20)18(21)23-12(2)17(16)24-14-9-7-13(19)8-10-14;/h7-10,12,15-17H,3-6,11,20H2,1-2H3;1H/t12-,15-,16-,17-;/m0./s1. The molecular formula is C18H27BrClNO4. The molecule has 1 aromatic carbocycles. The molecule has 0 spiro atoms. The van der Waals surface area contributed by atoms with Gasteiger partial charge in [-0.3, -0.25) is 0 Å². The Kier molecular flexibility index (Phi) is 9.79. The fourth-order valence-electron chi connectivity index (χ4n) is 2.79. The molecule has 4 atom stereocenters. The predicted molar refractivity (Wildman–Crippen MR) is 94.7 cm³/mol. The van der Waals surface area contributed by atoms with Crippen LogP contribution in [0.4, 0.5) is 0 Å². The highest BCUT2D eigenvalue weighted by Gasteiger charge is 2.35. The SMILES string of the molecule is CCCO[C@H]1CCC[C@H]([NH3+])C(=O)O[C@@H](C)[C@@H]1Oc1ccc(Br)cc1.[Cl-]. The van der Waals surface area contributed by atoms with Crippen molar-refractivity contribution in [3.8, 4) is 5.75 Å². The van der Waals surface area contributed by atoms with Gasteiger partial charge in [-0.2, -0.15) is 0 Å².